The Morgan fingerprint density at radius 1 is 1.19 bits per heavy atom. The van der Waals surface area contributed by atoms with Gasteiger partial charge in [-0.1, -0.05) is 13.8 Å². The first-order valence-corrected chi connectivity index (χ1v) is 7.71. The molecule has 0 aliphatic carbocycles. The van der Waals surface area contributed by atoms with E-state index in [4.69, 9.17) is 5.11 Å². The second-order valence-corrected chi connectivity index (χ2v) is 5.08. The van der Waals surface area contributed by atoms with Gasteiger partial charge in [0.05, 0.1) is 19.3 Å². The van der Waals surface area contributed by atoms with Crippen molar-refractivity contribution in [1.29, 1.82) is 0 Å². The summed E-state index contributed by atoms with van der Waals surface area (Å²) in [4.78, 5) is 15.5. The van der Waals surface area contributed by atoms with Gasteiger partial charge in [-0.05, 0) is 13.1 Å². The molecule has 0 aliphatic rings. The maximum atomic E-state index is 12.0. The van der Waals surface area contributed by atoms with Gasteiger partial charge in [-0.25, -0.2) is 0 Å². The van der Waals surface area contributed by atoms with Gasteiger partial charge in [-0.3, -0.25) is 9.69 Å². The average molecular weight is 304 g/mol. The van der Waals surface area contributed by atoms with Crippen molar-refractivity contribution < 1.29 is 15.0 Å². The van der Waals surface area contributed by atoms with Gasteiger partial charge >= 0.3 is 0 Å². The first-order chi connectivity index (χ1) is 10.0. The lowest BCUT2D eigenvalue weighted by Crippen LogP contribution is -2.44. The van der Waals surface area contributed by atoms with Crippen molar-refractivity contribution in [1.82, 2.24) is 20.4 Å². The maximum Gasteiger partial charge on any atom is 0.236 e. The molecule has 4 N–H and O–H groups in total. The first kappa shape index (κ1) is 20.3. The number of hydrogen-bond donors (Lipinski definition) is 4. The first-order valence-electron chi connectivity index (χ1n) is 7.71. The summed E-state index contributed by atoms with van der Waals surface area (Å²) in [6.07, 6.45) is -0.873. The molecule has 126 valence electrons. The van der Waals surface area contributed by atoms with Crippen molar-refractivity contribution >= 4 is 5.91 Å². The van der Waals surface area contributed by atoms with E-state index in [0.29, 0.717) is 6.54 Å². The molecule has 0 aromatic carbocycles. The van der Waals surface area contributed by atoms with E-state index >= 15 is 0 Å². The summed E-state index contributed by atoms with van der Waals surface area (Å²) in [6, 6.07) is 0. The fourth-order valence-electron chi connectivity index (χ4n) is 1.85. The van der Waals surface area contributed by atoms with Crippen LogP contribution in [0.15, 0.2) is 0 Å². The molecule has 1 atom stereocenters. The van der Waals surface area contributed by atoms with Crippen LogP contribution < -0.4 is 10.6 Å². The number of nitrogens with one attached hydrogen (secondary N) is 2. The van der Waals surface area contributed by atoms with E-state index in [-0.39, 0.29) is 19.1 Å². The van der Waals surface area contributed by atoms with Crippen LogP contribution in [0.25, 0.3) is 0 Å². The van der Waals surface area contributed by atoms with Gasteiger partial charge in [0.2, 0.25) is 5.91 Å². The quantitative estimate of drug-likeness (QED) is 0.304. The largest absolute Gasteiger partial charge is 0.394 e. The molecule has 1 unspecified atom stereocenters. The zero-order valence-electron chi connectivity index (χ0n) is 13.6. The lowest BCUT2D eigenvalue weighted by molar-refractivity contribution is -0.132. The Hall–Kier alpha value is -0.730. The molecule has 0 heterocycles. The number of aliphatic hydroxyl groups is 2. The van der Waals surface area contributed by atoms with Crippen molar-refractivity contribution in [3.8, 4) is 0 Å². The highest BCUT2D eigenvalue weighted by atomic mass is 16.3. The van der Waals surface area contributed by atoms with Gasteiger partial charge in [0.15, 0.2) is 0 Å². The van der Waals surface area contributed by atoms with Crippen LogP contribution in [-0.2, 0) is 4.79 Å². The molecular formula is C14H32N4O3. The lowest BCUT2D eigenvalue weighted by Gasteiger charge is -2.25. The third-order valence-corrected chi connectivity index (χ3v) is 3.26. The summed E-state index contributed by atoms with van der Waals surface area (Å²) < 4.78 is 0. The summed E-state index contributed by atoms with van der Waals surface area (Å²) in [5, 5.41) is 24.7. The number of likely N-dealkylation sites (N-methyl/N-ethyl adjacent to an activating group) is 3. The summed E-state index contributed by atoms with van der Waals surface area (Å²) in [5.74, 6) is -0.0444. The molecule has 0 radical (unpaired) electrons. The molecule has 0 saturated heterocycles. The van der Waals surface area contributed by atoms with Crippen LogP contribution in [0.4, 0.5) is 0 Å². The molecule has 21 heavy (non-hydrogen) atoms. The van der Waals surface area contributed by atoms with E-state index in [1.807, 2.05) is 6.92 Å². The molecule has 0 rings (SSSR count). The predicted octanol–water partition coefficient (Wildman–Crippen LogP) is -1.68. The van der Waals surface area contributed by atoms with E-state index in [9.17, 15) is 9.90 Å². The molecule has 0 aromatic heterocycles. The number of nitrogens with zero attached hydrogens (tertiary/aromatic N) is 2. The smallest absolute Gasteiger partial charge is 0.236 e. The third-order valence-electron chi connectivity index (χ3n) is 3.26. The minimum atomic E-state index is -0.873. The minimum absolute atomic E-state index is 0.0444. The van der Waals surface area contributed by atoms with Crippen molar-refractivity contribution in [3.63, 3.8) is 0 Å². The van der Waals surface area contributed by atoms with Crippen LogP contribution in [0.5, 0.6) is 0 Å². The molecule has 0 fully saturated rings. The van der Waals surface area contributed by atoms with Crippen molar-refractivity contribution in [2.24, 2.45) is 0 Å². The Labute approximate surface area is 128 Å². The fraction of sp³-hybridized carbons (Fsp3) is 0.929. The molecule has 7 heteroatoms. The number of rotatable bonds is 13. The number of hydrogen-bond acceptors (Lipinski definition) is 6. The fourth-order valence-corrected chi connectivity index (χ4v) is 1.85. The zero-order chi connectivity index (χ0) is 16.1. The van der Waals surface area contributed by atoms with Gasteiger partial charge < -0.3 is 25.7 Å². The summed E-state index contributed by atoms with van der Waals surface area (Å²) in [6.45, 7) is 9.56. The maximum absolute atomic E-state index is 12.0. The van der Waals surface area contributed by atoms with Crippen molar-refractivity contribution in [2.45, 2.75) is 20.0 Å². The van der Waals surface area contributed by atoms with Crippen molar-refractivity contribution in [3.05, 3.63) is 0 Å². The predicted molar refractivity (Wildman–Crippen MR) is 84.3 cm³/mol. The topological polar surface area (TPSA) is 88.1 Å². The number of carbonyl (C=O) groups is 1. The molecule has 0 bridgehead atoms. The molecule has 0 saturated carbocycles. The number of carbonyl (C=O) groups excluding carboxylic acids is 1. The van der Waals surface area contributed by atoms with Crippen LogP contribution in [0, 0.1) is 0 Å². The second kappa shape index (κ2) is 13.0. The summed E-state index contributed by atoms with van der Waals surface area (Å²) in [7, 11) is 1.64. The molecule has 0 aliphatic heterocycles. The Morgan fingerprint density at radius 2 is 1.86 bits per heavy atom. The summed E-state index contributed by atoms with van der Waals surface area (Å²) in [5.41, 5.74) is 0. The second-order valence-electron chi connectivity index (χ2n) is 5.08. The molecular weight excluding hydrogens is 272 g/mol. The van der Waals surface area contributed by atoms with Crippen LogP contribution in [0.2, 0.25) is 0 Å². The monoisotopic (exact) mass is 304 g/mol. The average Bonchev–Trinajstić information content (AvgIpc) is 2.48. The van der Waals surface area contributed by atoms with E-state index < -0.39 is 6.10 Å². The zero-order valence-corrected chi connectivity index (χ0v) is 13.6. The Morgan fingerprint density at radius 3 is 2.43 bits per heavy atom. The normalized spacial score (nSPS) is 12.7. The number of aliphatic hydroxyl groups excluding tert-OH is 2. The molecule has 0 aromatic rings. The van der Waals surface area contributed by atoms with E-state index in [1.54, 1.807) is 7.05 Å². The molecule has 0 spiro atoms. The highest BCUT2D eigenvalue weighted by Crippen LogP contribution is 1.94. The van der Waals surface area contributed by atoms with Crippen LogP contribution in [-0.4, -0.2) is 98.0 Å². The van der Waals surface area contributed by atoms with Gasteiger partial charge in [0.25, 0.3) is 0 Å². The van der Waals surface area contributed by atoms with Gasteiger partial charge in [0, 0.05) is 39.8 Å². The molecule has 1 amide bonds. The van der Waals surface area contributed by atoms with Crippen LogP contribution in [0.3, 0.4) is 0 Å². The lowest BCUT2D eigenvalue weighted by atomic mass is 10.3. The van der Waals surface area contributed by atoms with E-state index in [0.717, 1.165) is 39.3 Å². The van der Waals surface area contributed by atoms with E-state index in [1.165, 1.54) is 4.90 Å². The SMILES string of the molecule is CCNCCNCCN(CC)CC(=O)N(C)CC(O)CO. The Bertz CT molecular complexity index is 267. The Kier molecular flexibility index (Phi) is 12.5. The van der Waals surface area contributed by atoms with Crippen LogP contribution in [0.1, 0.15) is 13.8 Å². The molecule has 7 nitrogen and oxygen atoms in total. The van der Waals surface area contributed by atoms with Gasteiger partial charge in [-0.2, -0.15) is 0 Å². The summed E-state index contributed by atoms with van der Waals surface area (Å²) >= 11 is 0. The standard InChI is InChI=1S/C14H32N4O3/c1-4-15-6-7-16-8-9-18(5-2)11-14(21)17(3)10-13(20)12-19/h13,15-16,19-20H,4-12H2,1-3H3. The highest BCUT2D eigenvalue weighted by Gasteiger charge is 2.15. The van der Waals surface area contributed by atoms with Gasteiger partial charge in [0.1, 0.15) is 0 Å². The highest BCUT2D eigenvalue weighted by molar-refractivity contribution is 5.78. The minimum Gasteiger partial charge on any atom is -0.394 e. The van der Waals surface area contributed by atoms with Crippen molar-refractivity contribution in [2.75, 3.05) is 66.0 Å². The number of amides is 1. The van der Waals surface area contributed by atoms with E-state index in [2.05, 4.69) is 22.5 Å². The van der Waals surface area contributed by atoms with Crippen LogP contribution >= 0.6 is 0 Å². The van der Waals surface area contributed by atoms with Gasteiger partial charge in [-0.15, -0.1) is 0 Å². The Balaban J connectivity index is 3.88. The third kappa shape index (κ3) is 10.6.